The zero-order valence-electron chi connectivity index (χ0n) is 10.2. The van der Waals surface area contributed by atoms with Crippen molar-refractivity contribution < 1.29 is 208 Å². The van der Waals surface area contributed by atoms with E-state index in [1.807, 2.05) is 0 Å². The van der Waals surface area contributed by atoms with Crippen molar-refractivity contribution in [2.75, 3.05) is 0 Å². The van der Waals surface area contributed by atoms with E-state index in [1.54, 1.807) is 0 Å². The summed E-state index contributed by atoms with van der Waals surface area (Å²) in [4.78, 5) is 0. The summed E-state index contributed by atoms with van der Waals surface area (Å²) in [5, 5.41) is 0. The van der Waals surface area contributed by atoms with Crippen LogP contribution < -0.4 is 37.7 Å². The first-order chi connectivity index (χ1) is 0. The molecule has 0 atom stereocenters. The minimum absolute atomic E-state index is 0. The Morgan fingerprint density at radius 3 is 0.286 bits per heavy atom. The molecule has 0 amide bonds. The minimum Gasteiger partial charge on any atom is -2.00 e. The molecule has 0 aromatic carbocycles. The number of hydrogen-bond acceptors (Lipinski definition) is 0. The Morgan fingerprint density at radius 1 is 0.286 bits per heavy atom. The SMILES string of the molecule is [Co+2].[Co+2].[Li+].[Li+].[Mg+2].[Mg+2].[Ni+2].[Ni+2].[O-2].[O-2].[O-2].[O-2].[O-2].[O-2].[O-2].[O-2].[O-2].[O-2].[O-2].[Ti+4].[Ti+4]. The fourth-order valence-corrected chi connectivity index (χ4v) is 0. The zero-order valence-corrected chi connectivity index (χ0v) is 20.2. The van der Waals surface area contributed by atoms with Gasteiger partial charge in [-0.3, -0.25) is 0 Å². The van der Waals surface area contributed by atoms with Gasteiger partial charge in [-0.2, -0.15) is 0 Å². The molecule has 2 radical (unpaired) electrons. The molecular formula is Co2Li2Mg2Ni2O11Ti2. The van der Waals surface area contributed by atoms with Gasteiger partial charge in [0.1, 0.15) is 0 Å². The fraction of sp³-hybridized carbons (Fsp3) is 0. The average Bonchev–Trinajstić information content (AvgIpc) is 0. The van der Waals surface area contributed by atoms with E-state index < -0.39 is 0 Å². The van der Waals surface area contributed by atoms with Gasteiger partial charge in [-0.05, 0) is 0 Å². The van der Waals surface area contributed by atoms with Crippen LogP contribution in [0.2, 0.25) is 0 Å². The van der Waals surface area contributed by atoms with Crippen LogP contribution in [0.3, 0.4) is 0 Å². The molecule has 21 heteroatoms. The van der Waals surface area contributed by atoms with Gasteiger partial charge in [-0.15, -0.1) is 0 Å². The second-order valence-corrected chi connectivity index (χ2v) is 0. The summed E-state index contributed by atoms with van der Waals surface area (Å²) in [5.41, 5.74) is 0. The summed E-state index contributed by atoms with van der Waals surface area (Å²) in [6, 6.07) is 0. The first-order valence-corrected chi connectivity index (χ1v) is 0. The molecule has 0 unspecified atom stereocenters. The number of hydrogen-bond donors (Lipinski definition) is 0. The third-order valence-corrected chi connectivity index (χ3v) is 0. The van der Waals surface area contributed by atoms with Crippen LogP contribution in [0.15, 0.2) is 0 Å². The Balaban J connectivity index is 0. The van der Waals surface area contributed by atoms with E-state index in [0.717, 1.165) is 0 Å². The van der Waals surface area contributed by atoms with E-state index in [2.05, 4.69) is 0 Å². The molecule has 0 spiro atoms. The quantitative estimate of drug-likeness (QED) is 0.245. The van der Waals surface area contributed by atoms with Gasteiger partial charge >= 0.3 is 194 Å². The largest absolute Gasteiger partial charge is 4.00 e. The summed E-state index contributed by atoms with van der Waals surface area (Å²) in [7, 11) is 0. The fourth-order valence-electron chi connectivity index (χ4n) is 0. The van der Waals surface area contributed by atoms with Crippen LogP contribution in [0.1, 0.15) is 0 Å². The molecule has 21 heavy (non-hydrogen) atoms. The van der Waals surface area contributed by atoms with Gasteiger partial charge in [0, 0.05) is 0 Å². The maximum absolute atomic E-state index is 0. The van der Waals surface area contributed by atoms with Gasteiger partial charge in [-0.1, -0.05) is 0 Å². The van der Waals surface area contributed by atoms with Crippen LogP contribution in [0.4, 0.5) is 0 Å². The van der Waals surface area contributed by atoms with E-state index in [4.69, 9.17) is 0 Å². The molecule has 0 heterocycles. The Hall–Kier alpha value is 5.72. The summed E-state index contributed by atoms with van der Waals surface area (Å²) >= 11 is 0. The molecule has 0 N–H and O–H groups in total. The van der Waals surface area contributed by atoms with E-state index in [9.17, 15) is 0 Å². The summed E-state index contributed by atoms with van der Waals surface area (Å²) in [6.45, 7) is 0. The van der Waals surface area contributed by atoms with Crippen LogP contribution in [0.25, 0.3) is 0 Å². The molecule has 0 aliphatic rings. The molecule has 0 saturated heterocycles. The van der Waals surface area contributed by atoms with Gasteiger partial charge < -0.3 is 60.2 Å². The molecular weight excluding hydrogens is 569 g/mol. The first-order valence-electron chi connectivity index (χ1n) is 0. The van der Waals surface area contributed by atoms with Crippen LogP contribution >= 0.6 is 0 Å². The maximum atomic E-state index is 0. The molecule has 0 rings (SSSR count). The molecule has 0 bridgehead atoms. The van der Waals surface area contributed by atoms with Crippen LogP contribution in [0, 0.1) is 0 Å². The van der Waals surface area contributed by atoms with E-state index in [1.165, 1.54) is 0 Å². The molecule has 118 valence electrons. The third kappa shape index (κ3) is 443. The van der Waals surface area contributed by atoms with Crippen molar-refractivity contribution in [2.24, 2.45) is 0 Å². The Kier molecular flexibility index (Phi) is 12400. The molecule has 0 saturated carbocycles. The average molecular weight is 569 g/mol. The van der Waals surface area contributed by atoms with E-state index in [-0.39, 0.29) is 254 Å². The van der Waals surface area contributed by atoms with E-state index in [0.29, 0.717) is 0 Å². The normalized spacial score (nSPS) is 0. The monoisotopic (exact) mass is 568 g/mol. The minimum atomic E-state index is 0. The van der Waals surface area contributed by atoms with Crippen LogP contribution in [0.5, 0.6) is 0 Å². The van der Waals surface area contributed by atoms with Crippen molar-refractivity contribution in [1.82, 2.24) is 0 Å². The van der Waals surface area contributed by atoms with Crippen LogP contribution in [-0.4, -0.2) is 46.1 Å². The maximum Gasteiger partial charge on any atom is 4.00 e. The van der Waals surface area contributed by atoms with E-state index >= 15 is 0 Å². The molecule has 0 fully saturated rings. The standard InChI is InChI=1S/2Co.2Li.2Mg.2Ni.11O.2Ti/q2*+2;2*+1;4*+2;11*-2;2*+4. The molecule has 0 aromatic heterocycles. The van der Waals surface area contributed by atoms with Crippen molar-refractivity contribution in [3.8, 4) is 0 Å². The second-order valence-electron chi connectivity index (χ2n) is 0. The van der Waals surface area contributed by atoms with Crippen LogP contribution in [-0.2, 0) is 170 Å². The van der Waals surface area contributed by atoms with Crippen molar-refractivity contribution in [3.63, 3.8) is 0 Å². The van der Waals surface area contributed by atoms with Gasteiger partial charge in [0.05, 0.1) is 0 Å². The zero-order chi connectivity index (χ0) is 0. The van der Waals surface area contributed by atoms with Gasteiger partial charge in [0.2, 0.25) is 0 Å². The topological polar surface area (TPSA) is 314 Å². The predicted octanol–water partition coefficient (Wildman–Crippen LogP) is -8.08. The molecule has 11 nitrogen and oxygen atoms in total. The van der Waals surface area contributed by atoms with Crippen molar-refractivity contribution in [2.45, 2.75) is 0 Å². The van der Waals surface area contributed by atoms with Crippen molar-refractivity contribution >= 4 is 46.1 Å². The predicted molar refractivity (Wildman–Crippen MR) is 19.1 cm³/mol. The second kappa shape index (κ2) is 481. The Morgan fingerprint density at radius 2 is 0.286 bits per heavy atom. The third-order valence-electron chi connectivity index (χ3n) is 0. The smallest absolute Gasteiger partial charge is 2.00 e. The van der Waals surface area contributed by atoms with Crippen molar-refractivity contribution in [3.05, 3.63) is 0 Å². The Bertz CT molecular complexity index is 44.2. The molecule has 0 aromatic rings. The molecule has 0 aliphatic heterocycles. The molecule has 0 aliphatic carbocycles. The Labute approximate surface area is 250 Å². The summed E-state index contributed by atoms with van der Waals surface area (Å²) < 4.78 is 0. The number of rotatable bonds is 0. The first kappa shape index (κ1) is 541. The summed E-state index contributed by atoms with van der Waals surface area (Å²) in [6.07, 6.45) is 0. The summed E-state index contributed by atoms with van der Waals surface area (Å²) in [5.74, 6) is 0. The van der Waals surface area contributed by atoms with Gasteiger partial charge in [0.25, 0.3) is 0 Å². The van der Waals surface area contributed by atoms with Gasteiger partial charge in [-0.25, -0.2) is 0 Å². The van der Waals surface area contributed by atoms with Crippen molar-refractivity contribution in [1.29, 1.82) is 0 Å². The van der Waals surface area contributed by atoms with Gasteiger partial charge in [0.15, 0.2) is 0 Å².